The quantitative estimate of drug-likeness (QED) is 0.735. The van der Waals surface area contributed by atoms with Gasteiger partial charge in [0.15, 0.2) is 11.5 Å². The van der Waals surface area contributed by atoms with Crippen LogP contribution >= 0.6 is 23.2 Å². The van der Waals surface area contributed by atoms with Crippen LogP contribution in [0.4, 0.5) is 4.39 Å². The second-order valence-electron chi connectivity index (χ2n) is 4.25. The molecule has 0 aromatic heterocycles. The van der Waals surface area contributed by atoms with Crippen molar-refractivity contribution in [1.29, 1.82) is 0 Å². The third-order valence-corrected chi connectivity index (χ3v) is 4.81. The maximum absolute atomic E-state index is 14.1. The molecule has 0 aliphatic heterocycles. The Bertz CT molecular complexity index is 839. The Morgan fingerprint density at radius 2 is 1.57 bits per heavy atom. The van der Waals surface area contributed by atoms with Gasteiger partial charge < -0.3 is 13.7 Å². The molecule has 0 aliphatic carbocycles. The van der Waals surface area contributed by atoms with Crippen LogP contribution in [0.2, 0.25) is 10.0 Å². The van der Waals surface area contributed by atoms with Gasteiger partial charge in [0.05, 0.1) is 24.3 Å². The number of rotatable bonds is 5. The second-order valence-corrected chi connectivity index (χ2v) is 6.58. The van der Waals surface area contributed by atoms with Crippen molar-refractivity contribution in [3.05, 3.63) is 46.2 Å². The Balaban J connectivity index is 2.45. The summed E-state index contributed by atoms with van der Waals surface area (Å²) in [5, 5.41) is 0.334. The van der Waals surface area contributed by atoms with Gasteiger partial charge in [0, 0.05) is 18.2 Å². The normalized spacial score (nSPS) is 11.2. The molecule has 0 bridgehead atoms. The fraction of sp³-hybridized carbons (Fsp3) is 0.143. The zero-order chi connectivity index (χ0) is 17.2. The van der Waals surface area contributed by atoms with Crippen LogP contribution in [0.5, 0.6) is 17.2 Å². The fourth-order valence-electron chi connectivity index (χ4n) is 1.73. The number of hydrogen-bond donors (Lipinski definition) is 0. The van der Waals surface area contributed by atoms with Crippen molar-refractivity contribution in [3.63, 3.8) is 0 Å². The minimum absolute atomic E-state index is 0.0465. The third-order valence-electron chi connectivity index (χ3n) is 2.80. The van der Waals surface area contributed by atoms with E-state index in [0.29, 0.717) is 0 Å². The molecule has 2 aromatic rings. The number of ether oxygens (including phenoxy) is 2. The molecule has 0 spiro atoms. The Kier molecular flexibility index (Phi) is 5.23. The lowest BCUT2D eigenvalue weighted by Crippen LogP contribution is -2.12. The van der Waals surface area contributed by atoms with Gasteiger partial charge in [-0.25, -0.2) is 4.39 Å². The Hall–Kier alpha value is -1.70. The van der Waals surface area contributed by atoms with Crippen LogP contribution in [0, 0.1) is 5.82 Å². The van der Waals surface area contributed by atoms with Crippen LogP contribution in [0.1, 0.15) is 0 Å². The molecule has 124 valence electrons. The van der Waals surface area contributed by atoms with Gasteiger partial charge in [0.25, 0.3) is 0 Å². The van der Waals surface area contributed by atoms with Crippen molar-refractivity contribution in [2.24, 2.45) is 0 Å². The van der Waals surface area contributed by atoms with Crippen LogP contribution in [0.15, 0.2) is 35.2 Å². The van der Waals surface area contributed by atoms with E-state index in [-0.39, 0.29) is 27.3 Å². The highest BCUT2D eigenvalue weighted by molar-refractivity contribution is 7.87. The predicted molar refractivity (Wildman–Crippen MR) is 83.8 cm³/mol. The largest absolute Gasteiger partial charge is 0.493 e. The standard InChI is InChI=1S/C14H11Cl2FO5S/c1-20-12-6-11(17)14(7-13(12)21-2)23(18,19)22-8-3-4-9(15)10(16)5-8/h3-7H,1-2H3. The van der Waals surface area contributed by atoms with E-state index < -0.39 is 20.8 Å². The topological polar surface area (TPSA) is 61.8 Å². The Morgan fingerprint density at radius 3 is 2.13 bits per heavy atom. The van der Waals surface area contributed by atoms with E-state index >= 15 is 0 Å². The Morgan fingerprint density at radius 1 is 0.957 bits per heavy atom. The molecule has 0 amide bonds. The Labute approximate surface area is 142 Å². The summed E-state index contributed by atoms with van der Waals surface area (Å²) >= 11 is 11.5. The molecular weight excluding hydrogens is 370 g/mol. The molecular formula is C14H11Cl2FO5S. The van der Waals surface area contributed by atoms with Crippen LogP contribution in [-0.2, 0) is 10.1 Å². The maximum atomic E-state index is 14.1. The van der Waals surface area contributed by atoms with E-state index in [1.54, 1.807) is 0 Å². The molecule has 23 heavy (non-hydrogen) atoms. The number of methoxy groups -OCH3 is 2. The van der Waals surface area contributed by atoms with Gasteiger partial charge in [-0.05, 0) is 12.1 Å². The maximum Gasteiger partial charge on any atom is 0.342 e. The van der Waals surface area contributed by atoms with Gasteiger partial charge in [-0.2, -0.15) is 8.42 Å². The minimum Gasteiger partial charge on any atom is -0.493 e. The molecule has 0 N–H and O–H groups in total. The van der Waals surface area contributed by atoms with Gasteiger partial charge in [-0.1, -0.05) is 23.2 Å². The molecule has 9 heteroatoms. The van der Waals surface area contributed by atoms with Crippen molar-refractivity contribution >= 4 is 33.3 Å². The van der Waals surface area contributed by atoms with Gasteiger partial charge in [-0.3, -0.25) is 0 Å². The first-order valence-electron chi connectivity index (χ1n) is 6.09. The summed E-state index contributed by atoms with van der Waals surface area (Å²) < 4.78 is 53.3. The highest BCUT2D eigenvalue weighted by Crippen LogP contribution is 2.34. The molecule has 0 aliphatic rings. The second kappa shape index (κ2) is 6.82. The van der Waals surface area contributed by atoms with Crippen molar-refractivity contribution in [3.8, 4) is 17.2 Å². The van der Waals surface area contributed by atoms with Gasteiger partial charge in [0.2, 0.25) is 0 Å². The van der Waals surface area contributed by atoms with E-state index in [1.807, 2.05) is 0 Å². The number of halogens is 3. The van der Waals surface area contributed by atoms with Crippen molar-refractivity contribution in [2.75, 3.05) is 14.2 Å². The molecule has 0 saturated heterocycles. The minimum atomic E-state index is -4.44. The molecule has 5 nitrogen and oxygen atoms in total. The SMILES string of the molecule is COc1cc(F)c(S(=O)(=O)Oc2ccc(Cl)c(Cl)c2)cc1OC. The molecule has 0 radical (unpaired) electrons. The van der Waals surface area contributed by atoms with Crippen LogP contribution in [0.25, 0.3) is 0 Å². The van der Waals surface area contributed by atoms with E-state index in [4.69, 9.17) is 36.9 Å². The smallest absolute Gasteiger partial charge is 0.342 e. The molecule has 0 heterocycles. The first-order valence-corrected chi connectivity index (χ1v) is 8.26. The van der Waals surface area contributed by atoms with Gasteiger partial charge in [0.1, 0.15) is 16.5 Å². The zero-order valence-corrected chi connectivity index (χ0v) is 14.3. The summed E-state index contributed by atoms with van der Waals surface area (Å²) in [7, 11) is -1.84. The molecule has 2 aromatic carbocycles. The van der Waals surface area contributed by atoms with Crippen molar-refractivity contribution in [1.82, 2.24) is 0 Å². The summed E-state index contributed by atoms with van der Waals surface area (Å²) in [6.45, 7) is 0. The van der Waals surface area contributed by atoms with E-state index in [2.05, 4.69) is 0 Å². The lowest BCUT2D eigenvalue weighted by molar-refractivity contribution is 0.349. The first-order chi connectivity index (χ1) is 10.8. The molecule has 0 fully saturated rings. The molecule has 0 atom stereocenters. The average molecular weight is 381 g/mol. The number of hydrogen-bond acceptors (Lipinski definition) is 5. The highest BCUT2D eigenvalue weighted by Gasteiger charge is 2.25. The van der Waals surface area contributed by atoms with Crippen LogP contribution in [-0.4, -0.2) is 22.6 Å². The van der Waals surface area contributed by atoms with Crippen molar-refractivity contribution < 1.29 is 26.5 Å². The zero-order valence-electron chi connectivity index (χ0n) is 12.0. The van der Waals surface area contributed by atoms with E-state index in [9.17, 15) is 12.8 Å². The van der Waals surface area contributed by atoms with E-state index in [1.165, 1.54) is 32.4 Å². The molecule has 0 unspecified atom stereocenters. The number of benzene rings is 2. The van der Waals surface area contributed by atoms with Crippen LogP contribution < -0.4 is 13.7 Å². The summed E-state index contributed by atoms with van der Waals surface area (Å²) in [4.78, 5) is -0.693. The fourth-order valence-corrected chi connectivity index (χ4v) is 3.01. The van der Waals surface area contributed by atoms with Gasteiger partial charge >= 0.3 is 10.1 Å². The van der Waals surface area contributed by atoms with Gasteiger partial charge in [-0.15, -0.1) is 0 Å². The predicted octanol–water partition coefficient (Wildman–Crippen LogP) is 3.92. The highest BCUT2D eigenvalue weighted by atomic mass is 35.5. The average Bonchev–Trinajstić information content (AvgIpc) is 2.50. The third kappa shape index (κ3) is 3.80. The monoisotopic (exact) mass is 380 g/mol. The lowest BCUT2D eigenvalue weighted by atomic mass is 10.3. The van der Waals surface area contributed by atoms with Crippen LogP contribution in [0.3, 0.4) is 0 Å². The molecule has 2 rings (SSSR count). The first kappa shape index (κ1) is 17.7. The summed E-state index contributed by atoms with van der Waals surface area (Å²) in [6, 6.07) is 5.73. The van der Waals surface area contributed by atoms with Crippen molar-refractivity contribution in [2.45, 2.75) is 4.90 Å². The lowest BCUT2D eigenvalue weighted by Gasteiger charge is -2.12. The summed E-state index contributed by atoms with van der Waals surface area (Å²) in [5.41, 5.74) is 0. The van der Waals surface area contributed by atoms with E-state index in [0.717, 1.165) is 12.1 Å². The summed E-state index contributed by atoms with van der Waals surface area (Å²) in [6.07, 6.45) is 0. The summed E-state index contributed by atoms with van der Waals surface area (Å²) in [5.74, 6) is -1.04. The molecule has 0 saturated carbocycles.